The van der Waals surface area contributed by atoms with Gasteiger partial charge in [-0.1, -0.05) is 17.7 Å². The molecule has 1 aromatic carbocycles. The zero-order chi connectivity index (χ0) is 17.0. The highest BCUT2D eigenvalue weighted by molar-refractivity contribution is 6.00. The Morgan fingerprint density at radius 1 is 1.30 bits per heavy atom. The van der Waals surface area contributed by atoms with E-state index in [1.165, 1.54) is 4.90 Å². The number of amides is 2. The Morgan fingerprint density at radius 3 is 2.57 bits per heavy atom. The van der Waals surface area contributed by atoms with Crippen molar-refractivity contribution < 1.29 is 19.5 Å². The summed E-state index contributed by atoms with van der Waals surface area (Å²) < 4.78 is 0. The molecule has 1 saturated heterocycles. The molecule has 1 N–H and O–H groups in total. The average molecular weight is 318 g/mol. The Hall–Kier alpha value is -2.37. The first-order chi connectivity index (χ1) is 10.9. The van der Waals surface area contributed by atoms with E-state index in [0.29, 0.717) is 19.5 Å². The van der Waals surface area contributed by atoms with Crippen molar-refractivity contribution in [3.8, 4) is 0 Å². The van der Waals surface area contributed by atoms with Crippen molar-refractivity contribution in [1.29, 1.82) is 0 Å². The SMILES string of the molecule is Cc1ccc(N2CC(C(=O)N(C)CCCC(=O)O)CC2=O)cc1. The summed E-state index contributed by atoms with van der Waals surface area (Å²) in [5, 5.41) is 8.64. The molecule has 1 atom stereocenters. The lowest BCUT2D eigenvalue weighted by Crippen LogP contribution is -2.35. The number of nitrogens with zero attached hydrogens (tertiary/aromatic N) is 2. The molecule has 2 rings (SSSR count). The number of aryl methyl sites for hydroxylation is 1. The van der Waals surface area contributed by atoms with Crippen molar-refractivity contribution in [2.24, 2.45) is 5.92 Å². The van der Waals surface area contributed by atoms with E-state index in [0.717, 1.165) is 11.3 Å². The van der Waals surface area contributed by atoms with Crippen molar-refractivity contribution in [1.82, 2.24) is 4.90 Å². The van der Waals surface area contributed by atoms with Crippen LogP contribution in [0, 0.1) is 12.8 Å². The highest BCUT2D eigenvalue weighted by Gasteiger charge is 2.36. The van der Waals surface area contributed by atoms with Gasteiger partial charge in [-0.3, -0.25) is 14.4 Å². The van der Waals surface area contributed by atoms with Gasteiger partial charge >= 0.3 is 5.97 Å². The monoisotopic (exact) mass is 318 g/mol. The smallest absolute Gasteiger partial charge is 0.303 e. The molecule has 0 radical (unpaired) electrons. The van der Waals surface area contributed by atoms with Crippen LogP contribution in [0.2, 0.25) is 0 Å². The molecule has 1 aliphatic heterocycles. The Balaban J connectivity index is 1.94. The maximum atomic E-state index is 12.4. The van der Waals surface area contributed by atoms with E-state index in [1.54, 1.807) is 11.9 Å². The van der Waals surface area contributed by atoms with Crippen LogP contribution in [0.5, 0.6) is 0 Å². The number of benzene rings is 1. The Bertz CT molecular complexity index is 597. The van der Waals surface area contributed by atoms with Crippen molar-refractivity contribution in [2.45, 2.75) is 26.2 Å². The predicted octanol–water partition coefficient (Wildman–Crippen LogP) is 1.67. The summed E-state index contributed by atoms with van der Waals surface area (Å²) >= 11 is 0. The molecule has 0 spiro atoms. The average Bonchev–Trinajstić information content (AvgIpc) is 2.88. The number of anilines is 1. The summed E-state index contributed by atoms with van der Waals surface area (Å²) in [5.41, 5.74) is 1.93. The molecular formula is C17H22N2O4. The third-order valence-electron chi connectivity index (χ3n) is 4.08. The lowest BCUT2D eigenvalue weighted by Gasteiger charge is -2.21. The van der Waals surface area contributed by atoms with Gasteiger partial charge in [0.1, 0.15) is 0 Å². The van der Waals surface area contributed by atoms with Gasteiger partial charge in [0.2, 0.25) is 11.8 Å². The number of aliphatic carboxylic acids is 1. The van der Waals surface area contributed by atoms with Crippen LogP contribution in [0.4, 0.5) is 5.69 Å². The summed E-state index contributed by atoms with van der Waals surface area (Å²) in [4.78, 5) is 38.3. The zero-order valence-electron chi connectivity index (χ0n) is 13.5. The predicted molar refractivity (Wildman–Crippen MR) is 86.1 cm³/mol. The van der Waals surface area contributed by atoms with E-state index in [-0.39, 0.29) is 30.6 Å². The number of carbonyl (C=O) groups is 3. The summed E-state index contributed by atoms with van der Waals surface area (Å²) in [6, 6.07) is 7.65. The number of hydrogen-bond donors (Lipinski definition) is 1. The summed E-state index contributed by atoms with van der Waals surface area (Å²) in [7, 11) is 1.66. The normalized spacial score (nSPS) is 17.4. The van der Waals surface area contributed by atoms with Crippen LogP contribution >= 0.6 is 0 Å². The first-order valence-electron chi connectivity index (χ1n) is 7.72. The molecule has 0 aromatic heterocycles. The van der Waals surface area contributed by atoms with E-state index in [2.05, 4.69) is 0 Å². The summed E-state index contributed by atoms with van der Waals surface area (Å²) in [5.74, 6) is -1.38. The first kappa shape index (κ1) is 17.0. The number of carboxylic acids is 1. The largest absolute Gasteiger partial charge is 0.481 e. The van der Waals surface area contributed by atoms with Gasteiger partial charge in [-0.25, -0.2) is 0 Å². The van der Waals surface area contributed by atoms with E-state index in [9.17, 15) is 14.4 Å². The molecule has 0 aliphatic carbocycles. The van der Waals surface area contributed by atoms with Gasteiger partial charge in [0.25, 0.3) is 0 Å². The van der Waals surface area contributed by atoms with Crippen LogP contribution in [0.25, 0.3) is 0 Å². The van der Waals surface area contributed by atoms with Gasteiger partial charge in [-0.15, -0.1) is 0 Å². The summed E-state index contributed by atoms with van der Waals surface area (Å²) in [6.07, 6.45) is 0.659. The number of carboxylic acid groups (broad SMARTS) is 1. The topological polar surface area (TPSA) is 77.9 Å². The molecule has 2 amide bonds. The molecule has 6 nitrogen and oxygen atoms in total. The molecule has 1 aromatic rings. The van der Waals surface area contributed by atoms with E-state index >= 15 is 0 Å². The number of hydrogen-bond acceptors (Lipinski definition) is 3. The highest BCUT2D eigenvalue weighted by atomic mass is 16.4. The van der Waals surface area contributed by atoms with E-state index < -0.39 is 5.97 Å². The molecule has 0 bridgehead atoms. The van der Waals surface area contributed by atoms with Gasteiger partial charge < -0.3 is 14.9 Å². The fourth-order valence-corrected chi connectivity index (χ4v) is 2.74. The van der Waals surface area contributed by atoms with Gasteiger partial charge in [0.15, 0.2) is 0 Å². The molecule has 0 saturated carbocycles. The Morgan fingerprint density at radius 2 is 1.96 bits per heavy atom. The lowest BCUT2D eigenvalue weighted by atomic mass is 10.1. The maximum absolute atomic E-state index is 12.4. The molecule has 1 unspecified atom stereocenters. The van der Waals surface area contributed by atoms with Crippen LogP contribution in [-0.2, 0) is 14.4 Å². The fraction of sp³-hybridized carbons (Fsp3) is 0.471. The Labute approximate surface area is 135 Å². The second-order valence-electron chi connectivity index (χ2n) is 6.00. The van der Waals surface area contributed by atoms with Crippen molar-refractivity contribution in [2.75, 3.05) is 25.0 Å². The standard InChI is InChI=1S/C17H22N2O4/c1-12-5-7-14(8-6-12)19-11-13(10-15(19)20)17(23)18(2)9-3-4-16(21)22/h5-8,13H,3-4,9-11H2,1-2H3,(H,21,22). The van der Waals surface area contributed by atoms with Gasteiger partial charge in [0.05, 0.1) is 5.92 Å². The third-order valence-corrected chi connectivity index (χ3v) is 4.08. The minimum absolute atomic E-state index is 0.0384. The van der Waals surface area contributed by atoms with E-state index in [4.69, 9.17) is 5.11 Å². The molecular weight excluding hydrogens is 296 g/mol. The van der Waals surface area contributed by atoms with Crippen LogP contribution in [-0.4, -0.2) is 47.9 Å². The first-order valence-corrected chi connectivity index (χ1v) is 7.72. The van der Waals surface area contributed by atoms with Crippen LogP contribution in [0.1, 0.15) is 24.8 Å². The third kappa shape index (κ3) is 4.31. The second-order valence-corrected chi connectivity index (χ2v) is 6.00. The highest BCUT2D eigenvalue weighted by Crippen LogP contribution is 2.26. The molecule has 124 valence electrons. The molecule has 1 aliphatic rings. The second kappa shape index (κ2) is 7.26. The fourth-order valence-electron chi connectivity index (χ4n) is 2.74. The van der Waals surface area contributed by atoms with Crippen LogP contribution in [0.3, 0.4) is 0 Å². The van der Waals surface area contributed by atoms with Crippen molar-refractivity contribution >= 4 is 23.5 Å². The zero-order valence-corrected chi connectivity index (χ0v) is 13.5. The van der Waals surface area contributed by atoms with Gasteiger partial charge in [-0.2, -0.15) is 0 Å². The van der Waals surface area contributed by atoms with Crippen molar-refractivity contribution in [3.05, 3.63) is 29.8 Å². The van der Waals surface area contributed by atoms with E-state index in [1.807, 2.05) is 31.2 Å². The quantitative estimate of drug-likeness (QED) is 0.865. The molecule has 1 heterocycles. The minimum atomic E-state index is -0.868. The van der Waals surface area contributed by atoms with Crippen LogP contribution in [0.15, 0.2) is 24.3 Å². The minimum Gasteiger partial charge on any atom is -0.481 e. The molecule has 1 fully saturated rings. The molecule has 6 heteroatoms. The molecule has 23 heavy (non-hydrogen) atoms. The van der Waals surface area contributed by atoms with Crippen LogP contribution < -0.4 is 4.90 Å². The lowest BCUT2D eigenvalue weighted by molar-refractivity contribution is -0.138. The Kier molecular flexibility index (Phi) is 5.36. The van der Waals surface area contributed by atoms with Gasteiger partial charge in [0, 0.05) is 38.7 Å². The number of rotatable bonds is 6. The van der Waals surface area contributed by atoms with Gasteiger partial charge in [-0.05, 0) is 25.5 Å². The summed E-state index contributed by atoms with van der Waals surface area (Å²) in [6.45, 7) is 2.75. The van der Waals surface area contributed by atoms with Crippen molar-refractivity contribution in [3.63, 3.8) is 0 Å². The number of carbonyl (C=O) groups excluding carboxylic acids is 2. The maximum Gasteiger partial charge on any atom is 0.303 e.